The van der Waals surface area contributed by atoms with E-state index in [1.165, 1.54) is 26.2 Å². The number of alkyl carbamates (subject to hydrolysis) is 1. The average molecular weight is 756 g/mol. The molecule has 4 aliphatic rings. The molecule has 2 bridgehead atoms. The zero-order valence-electron chi connectivity index (χ0n) is 32.1. The third kappa shape index (κ3) is 7.49. The highest BCUT2D eigenvalue weighted by atomic mass is 16.5. The zero-order valence-corrected chi connectivity index (χ0v) is 32.1. The number of carbonyl (C=O) groups excluding carboxylic acids is 3. The van der Waals surface area contributed by atoms with Gasteiger partial charge in [-0.15, -0.1) is 0 Å². The number of hydrogen-bond donors (Lipinski definition) is 3. The van der Waals surface area contributed by atoms with Gasteiger partial charge < -0.3 is 30.0 Å². The zero-order chi connectivity index (χ0) is 38.8. The van der Waals surface area contributed by atoms with Gasteiger partial charge in [0.25, 0.3) is 0 Å². The lowest BCUT2D eigenvalue weighted by molar-refractivity contribution is -0.137. The van der Waals surface area contributed by atoms with Crippen LogP contribution in [0.3, 0.4) is 0 Å². The van der Waals surface area contributed by atoms with Gasteiger partial charge in [-0.05, 0) is 90.3 Å². The first-order valence-corrected chi connectivity index (χ1v) is 19.7. The van der Waals surface area contributed by atoms with E-state index >= 15 is 0 Å². The number of allylic oxidation sites excluding steroid dienone is 1. The summed E-state index contributed by atoms with van der Waals surface area (Å²) in [5, 5.41) is 5.84. The predicted molar refractivity (Wildman–Crippen MR) is 213 cm³/mol. The highest BCUT2D eigenvalue weighted by Crippen LogP contribution is 2.54. The number of likely N-dealkylation sites (tertiary alicyclic amines) is 1. The molecule has 8 rings (SSSR count). The van der Waals surface area contributed by atoms with Crippen LogP contribution in [-0.4, -0.2) is 76.4 Å². The molecule has 4 heterocycles. The van der Waals surface area contributed by atoms with E-state index in [0.29, 0.717) is 30.7 Å². The molecule has 7 atom stereocenters. The first kappa shape index (κ1) is 37.3. The number of fused-ring (bicyclic) bond motifs is 2. The second-order valence-electron chi connectivity index (χ2n) is 15.5. The van der Waals surface area contributed by atoms with Gasteiger partial charge >= 0.3 is 6.09 Å². The first-order chi connectivity index (χ1) is 27.3. The van der Waals surface area contributed by atoms with Crippen LogP contribution in [0, 0.1) is 23.7 Å². The molecular formula is C44H49N7O5. The number of imidazole rings is 1. The maximum atomic E-state index is 13.6. The third-order valence-corrected chi connectivity index (χ3v) is 12.3. The van der Waals surface area contributed by atoms with Crippen molar-refractivity contribution in [2.75, 3.05) is 20.8 Å². The van der Waals surface area contributed by atoms with Crippen LogP contribution in [0.5, 0.6) is 0 Å². The van der Waals surface area contributed by atoms with E-state index in [1.54, 1.807) is 24.2 Å². The molecule has 4 aromatic rings. The van der Waals surface area contributed by atoms with Crippen molar-refractivity contribution in [3.05, 3.63) is 102 Å². The smallest absolute Gasteiger partial charge is 0.407 e. The van der Waals surface area contributed by atoms with Gasteiger partial charge in [-0.3, -0.25) is 19.6 Å². The minimum absolute atomic E-state index is 0.0168. The van der Waals surface area contributed by atoms with Crippen LogP contribution in [0.1, 0.15) is 68.4 Å². The lowest BCUT2D eigenvalue weighted by Crippen LogP contribution is -2.54. The number of benzene rings is 2. The largest absolute Gasteiger partial charge is 0.453 e. The number of H-pyrrole nitrogens is 1. The number of aromatic nitrogens is 3. The Kier molecular flexibility index (Phi) is 10.8. The Morgan fingerprint density at radius 3 is 2.38 bits per heavy atom. The van der Waals surface area contributed by atoms with Gasteiger partial charge in [0.2, 0.25) is 11.8 Å². The first-order valence-electron chi connectivity index (χ1n) is 19.7. The van der Waals surface area contributed by atoms with Crippen LogP contribution in [0.4, 0.5) is 4.79 Å². The van der Waals surface area contributed by atoms with E-state index in [1.807, 2.05) is 24.5 Å². The van der Waals surface area contributed by atoms with Crippen molar-refractivity contribution in [2.24, 2.45) is 28.7 Å². The van der Waals surface area contributed by atoms with E-state index < -0.39 is 18.2 Å². The Morgan fingerprint density at radius 2 is 1.66 bits per heavy atom. The molecule has 3 amide bonds. The van der Waals surface area contributed by atoms with Crippen molar-refractivity contribution in [1.29, 1.82) is 0 Å². The summed E-state index contributed by atoms with van der Waals surface area (Å²) in [5.74, 6) is 1.77. The molecule has 2 aromatic heterocycles. The Morgan fingerprint density at radius 1 is 0.929 bits per heavy atom. The normalized spacial score (nSPS) is 23.7. The summed E-state index contributed by atoms with van der Waals surface area (Å²) in [6.45, 7) is 2.80. The van der Waals surface area contributed by atoms with Crippen LogP contribution in [0.25, 0.3) is 28.0 Å². The van der Waals surface area contributed by atoms with Crippen LogP contribution in [0.15, 0.2) is 90.4 Å². The number of aromatic amines is 1. The Bertz CT molecular complexity index is 2110. The molecule has 0 spiro atoms. The number of carbonyl (C=O) groups is 3. The average Bonchev–Trinajstić information content (AvgIpc) is 4.10. The Hall–Kier alpha value is -5.62. The topological polar surface area (TPSA) is 151 Å². The molecule has 3 N–H and O–H groups in total. The van der Waals surface area contributed by atoms with Crippen molar-refractivity contribution >= 4 is 29.2 Å². The summed E-state index contributed by atoms with van der Waals surface area (Å²) >= 11 is 0. The predicted octanol–water partition coefficient (Wildman–Crippen LogP) is 6.73. The Labute approximate surface area is 327 Å². The second-order valence-corrected chi connectivity index (χ2v) is 15.5. The van der Waals surface area contributed by atoms with E-state index in [0.717, 1.165) is 71.3 Å². The molecule has 1 saturated heterocycles. The number of rotatable bonds is 12. The van der Waals surface area contributed by atoms with E-state index in [-0.39, 0.29) is 29.7 Å². The van der Waals surface area contributed by atoms with Crippen LogP contribution in [-0.2, 0) is 25.6 Å². The summed E-state index contributed by atoms with van der Waals surface area (Å²) in [5.41, 5.74) is 8.58. The fourth-order valence-electron chi connectivity index (χ4n) is 9.35. The number of hydrogen-bond acceptors (Lipinski definition) is 8. The highest BCUT2D eigenvalue weighted by Gasteiger charge is 2.52. The maximum Gasteiger partial charge on any atom is 0.407 e. The van der Waals surface area contributed by atoms with Gasteiger partial charge in [0.1, 0.15) is 11.9 Å². The fraction of sp³-hybridized carbons (Fsp3) is 0.409. The number of nitrogens with one attached hydrogen (secondary N) is 3. The van der Waals surface area contributed by atoms with E-state index in [2.05, 4.69) is 74.1 Å². The summed E-state index contributed by atoms with van der Waals surface area (Å²) in [4.78, 5) is 58.2. The van der Waals surface area contributed by atoms with Gasteiger partial charge in [0.05, 0.1) is 31.1 Å². The monoisotopic (exact) mass is 755 g/mol. The van der Waals surface area contributed by atoms with Crippen molar-refractivity contribution in [3.63, 3.8) is 0 Å². The van der Waals surface area contributed by atoms with Gasteiger partial charge in [-0.25, -0.2) is 9.78 Å². The van der Waals surface area contributed by atoms with Crippen LogP contribution >= 0.6 is 0 Å². The second kappa shape index (κ2) is 16.2. The summed E-state index contributed by atoms with van der Waals surface area (Å²) < 4.78 is 10.2. The van der Waals surface area contributed by atoms with Crippen molar-refractivity contribution in [2.45, 2.75) is 70.2 Å². The number of amides is 3. The molecule has 2 unspecified atom stereocenters. The standard InChI is InChI=1S/C44H49N7O5/c1-26(55-2)40(50-44(54)56-3)43(53)51-19-5-7-37(51)41-47-25-36(49-41)31-14-12-29(13-15-31)28-8-10-30(11-9-28)34-21-35(46-24-34)38-32-16-17-33(20-32)39(38)42(52)48-23-27-6-4-18-45-22-27/h4,6,8-15,18,22,24-26,32-33,37-40H,5,7,16-17,19-21,23H2,1-3H3,(H,47,49)(H,48,52)(H,50,54)/t26-,32?,33?,37+,38+,39-,40+/m1/s1. The number of aliphatic imine (C=N–C) groups is 1. The molecule has 290 valence electrons. The molecular weight excluding hydrogens is 707 g/mol. The van der Waals surface area contributed by atoms with Crippen molar-refractivity contribution in [3.8, 4) is 22.4 Å². The van der Waals surface area contributed by atoms with Gasteiger partial charge in [0.15, 0.2) is 0 Å². The van der Waals surface area contributed by atoms with Crippen molar-refractivity contribution in [1.82, 2.24) is 30.5 Å². The molecule has 56 heavy (non-hydrogen) atoms. The summed E-state index contributed by atoms with van der Waals surface area (Å²) in [6, 6.07) is 19.8. The number of ether oxygens (including phenoxy) is 2. The van der Waals surface area contributed by atoms with E-state index in [4.69, 9.17) is 14.5 Å². The SMILES string of the molecule is COC(=O)N[C@H](C(=O)N1CCC[C@H]1c1ncc(-c2ccc(-c3ccc(C4=CN=C([C@@H]5C6CCC(C6)[C@H]5C(=O)NCc5cccnc5)C4)cc3)cc2)[nH]1)[C@@H](C)OC. The molecule has 0 radical (unpaired) electrons. The molecule has 2 aliphatic carbocycles. The molecule has 3 fully saturated rings. The fourth-order valence-corrected chi connectivity index (χ4v) is 9.35. The van der Waals surface area contributed by atoms with Gasteiger partial charge in [-0.1, -0.05) is 54.6 Å². The molecule has 2 aromatic carbocycles. The number of methoxy groups -OCH3 is 2. The third-order valence-electron chi connectivity index (χ3n) is 12.3. The quantitative estimate of drug-likeness (QED) is 0.145. The minimum Gasteiger partial charge on any atom is -0.453 e. The summed E-state index contributed by atoms with van der Waals surface area (Å²) in [7, 11) is 2.78. The van der Waals surface area contributed by atoms with E-state index in [9.17, 15) is 14.4 Å². The number of nitrogens with zero attached hydrogens (tertiary/aromatic N) is 4. The molecule has 12 heteroatoms. The lowest BCUT2D eigenvalue weighted by Gasteiger charge is -2.30. The van der Waals surface area contributed by atoms with Crippen LogP contribution < -0.4 is 10.6 Å². The number of pyridine rings is 1. The molecule has 12 nitrogen and oxygen atoms in total. The van der Waals surface area contributed by atoms with Gasteiger partial charge in [0, 0.05) is 62.8 Å². The van der Waals surface area contributed by atoms with Crippen molar-refractivity contribution < 1.29 is 23.9 Å². The highest BCUT2D eigenvalue weighted by molar-refractivity contribution is 6.02. The molecule has 2 aliphatic heterocycles. The Balaban J connectivity index is 0.889. The molecule has 2 saturated carbocycles. The maximum absolute atomic E-state index is 13.6. The summed E-state index contributed by atoms with van der Waals surface area (Å²) in [6.07, 6.45) is 11.9. The lowest BCUT2D eigenvalue weighted by atomic mass is 9.75. The van der Waals surface area contributed by atoms with Gasteiger partial charge in [-0.2, -0.15) is 0 Å². The van der Waals surface area contributed by atoms with Crippen LogP contribution in [0.2, 0.25) is 0 Å². The minimum atomic E-state index is -0.881.